The van der Waals surface area contributed by atoms with E-state index in [2.05, 4.69) is 35.2 Å². The lowest BCUT2D eigenvalue weighted by Gasteiger charge is -2.09. The number of methoxy groups -OCH3 is 1. The number of aromatic nitrogens is 5. The molecule has 0 aliphatic carbocycles. The molecule has 3 heterocycles. The first-order valence-corrected chi connectivity index (χ1v) is 9.54. The SMILES string of the molecule is COc1nc(C)nc(NC(=O)CNS(=O)(=O)c2[nH]ncc2C2CCOC2=O)n1. The van der Waals surface area contributed by atoms with Crippen molar-refractivity contribution in [2.75, 3.05) is 25.6 Å². The summed E-state index contributed by atoms with van der Waals surface area (Å²) in [5.74, 6) is -1.72. The Bertz CT molecular complexity index is 1010. The Morgan fingerprint density at radius 2 is 2.18 bits per heavy atom. The molecule has 1 unspecified atom stereocenters. The third-order valence-corrected chi connectivity index (χ3v) is 5.18. The molecule has 28 heavy (non-hydrogen) atoms. The third kappa shape index (κ3) is 4.23. The number of aryl methyl sites for hydroxylation is 1. The molecule has 0 saturated carbocycles. The predicted molar refractivity (Wildman–Crippen MR) is 91.8 cm³/mol. The number of hydrogen-bond donors (Lipinski definition) is 3. The lowest BCUT2D eigenvalue weighted by atomic mass is 10.0. The van der Waals surface area contributed by atoms with Gasteiger partial charge in [0.2, 0.25) is 11.9 Å². The van der Waals surface area contributed by atoms with Gasteiger partial charge in [0.1, 0.15) is 5.82 Å². The second-order valence-electron chi connectivity index (χ2n) is 5.73. The molecule has 3 rings (SSSR count). The van der Waals surface area contributed by atoms with Crippen LogP contribution in [0.4, 0.5) is 5.95 Å². The molecule has 1 aliphatic heterocycles. The predicted octanol–water partition coefficient (Wildman–Crippen LogP) is -1.14. The second-order valence-corrected chi connectivity index (χ2v) is 7.43. The Labute approximate surface area is 159 Å². The number of hydrogen-bond acceptors (Lipinski definition) is 10. The van der Waals surface area contributed by atoms with E-state index >= 15 is 0 Å². The fourth-order valence-electron chi connectivity index (χ4n) is 2.53. The van der Waals surface area contributed by atoms with Crippen molar-refractivity contribution < 1.29 is 27.5 Å². The van der Waals surface area contributed by atoms with Crippen molar-refractivity contribution in [2.45, 2.75) is 24.3 Å². The van der Waals surface area contributed by atoms with Crippen LogP contribution in [0.2, 0.25) is 0 Å². The van der Waals surface area contributed by atoms with Gasteiger partial charge < -0.3 is 9.47 Å². The number of esters is 1. The van der Waals surface area contributed by atoms with Crippen LogP contribution in [-0.4, -0.2) is 65.7 Å². The van der Waals surface area contributed by atoms with Gasteiger partial charge in [0, 0.05) is 5.56 Å². The summed E-state index contributed by atoms with van der Waals surface area (Å²) in [7, 11) is -2.77. The standard InChI is InChI=1S/C14H17N7O6S/c1-7-17-13(20-14(18-7)26-2)19-10(22)6-16-28(24,25)11-9(5-15-21-11)8-3-4-27-12(8)23/h5,8,16H,3-4,6H2,1-2H3,(H,15,21)(H,17,18,19,20,22). The van der Waals surface area contributed by atoms with Crippen LogP contribution >= 0.6 is 0 Å². The number of sulfonamides is 1. The number of carbonyl (C=O) groups excluding carboxylic acids is 2. The van der Waals surface area contributed by atoms with Crippen molar-refractivity contribution in [3.05, 3.63) is 17.6 Å². The Kier molecular flexibility index (Phi) is 5.51. The lowest BCUT2D eigenvalue weighted by molar-refractivity contribution is -0.139. The summed E-state index contributed by atoms with van der Waals surface area (Å²) >= 11 is 0. The summed E-state index contributed by atoms with van der Waals surface area (Å²) < 4.78 is 36.9. The zero-order chi connectivity index (χ0) is 20.3. The zero-order valence-corrected chi connectivity index (χ0v) is 15.7. The molecule has 0 spiro atoms. The average molecular weight is 411 g/mol. The fraction of sp³-hybridized carbons (Fsp3) is 0.429. The van der Waals surface area contributed by atoms with Crippen molar-refractivity contribution in [1.82, 2.24) is 29.9 Å². The topological polar surface area (TPSA) is 178 Å². The Hall–Kier alpha value is -3.13. The van der Waals surface area contributed by atoms with Crippen LogP contribution < -0.4 is 14.8 Å². The number of rotatable bonds is 7. The van der Waals surface area contributed by atoms with Crippen LogP contribution in [0.25, 0.3) is 0 Å². The molecular formula is C14H17N7O6S. The first-order valence-electron chi connectivity index (χ1n) is 8.06. The van der Waals surface area contributed by atoms with Crippen LogP contribution in [0.3, 0.4) is 0 Å². The number of carbonyl (C=O) groups is 2. The van der Waals surface area contributed by atoms with E-state index in [1.807, 2.05) is 0 Å². The van der Waals surface area contributed by atoms with Gasteiger partial charge in [0.15, 0.2) is 5.03 Å². The van der Waals surface area contributed by atoms with E-state index < -0.39 is 34.4 Å². The summed E-state index contributed by atoms with van der Waals surface area (Å²) in [4.78, 5) is 35.4. The van der Waals surface area contributed by atoms with Crippen LogP contribution in [0.15, 0.2) is 11.2 Å². The van der Waals surface area contributed by atoms with Crippen molar-refractivity contribution in [3.63, 3.8) is 0 Å². The Morgan fingerprint density at radius 1 is 1.39 bits per heavy atom. The molecule has 0 bridgehead atoms. The van der Waals surface area contributed by atoms with Crippen molar-refractivity contribution in [3.8, 4) is 6.01 Å². The highest BCUT2D eigenvalue weighted by molar-refractivity contribution is 7.89. The van der Waals surface area contributed by atoms with Gasteiger partial charge >= 0.3 is 12.0 Å². The van der Waals surface area contributed by atoms with Crippen LogP contribution in [0, 0.1) is 6.92 Å². The van der Waals surface area contributed by atoms with Gasteiger partial charge in [-0.25, -0.2) is 13.1 Å². The number of cyclic esters (lactones) is 1. The monoisotopic (exact) mass is 411 g/mol. The maximum Gasteiger partial charge on any atom is 0.321 e. The largest absolute Gasteiger partial charge is 0.467 e. The maximum atomic E-state index is 12.5. The highest BCUT2D eigenvalue weighted by Gasteiger charge is 2.34. The van der Waals surface area contributed by atoms with Crippen LogP contribution in [-0.2, 0) is 24.3 Å². The molecular weight excluding hydrogens is 394 g/mol. The molecule has 2 aromatic heterocycles. The number of H-pyrrole nitrogens is 1. The molecule has 1 aliphatic rings. The van der Waals surface area contributed by atoms with Crippen molar-refractivity contribution in [1.29, 1.82) is 0 Å². The highest BCUT2D eigenvalue weighted by Crippen LogP contribution is 2.30. The molecule has 13 nitrogen and oxygen atoms in total. The molecule has 0 aromatic carbocycles. The van der Waals surface area contributed by atoms with Gasteiger partial charge in [-0.1, -0.05) is 0 Å². The van der Waals surface area contributed by atoms with Gasteiger partial charge in [-0.3, -0.25) is 20.0 Å². The number of nitrogens with one attached hydrogen (secondary N) is 3. The molecule has 1 saturated heterocycles. The summed E-state index contributed by atoms with van der Waals surface area (Å²) in [6.07, 6.45) is 1.60. The summed E-state index contributed by atoms with van der Waals surface area (Å²) in [5.41, 5.74) is 0.188. The number of aromatic amines is 1. The quantitative estimate of drug-likeness (QED) is 0.472. The number of amides is 1. The molecule has 2 aromatic rings. The molecule has 1 amide bonds. The first kappa shape index (κ1) is 19.6. The number of ether oxygens (including phenoxy) is 2. The van der Waals surface area contributed by atoms with E-state index in [1.54, 1.807) is 6.92 Å². The normalized spacial score (nSPS) is 16.6. The van der Waals surface area contributed by atoms with E-state index in [1.165, 1.54) is 13.3 Å². The molecule has 14 heteroatoms. The minimum absolute atomic E-state index is 0.00827. The minimum Gasteiger partial charge on any atom is -0.467 e. The Morgan fingerprint density at radius 3 is 2.86 bits per heavy atom. The highest BCUT2D eigenvalue weighted by atomic mass is 32.2. The van der Waals surface area contributed by atoms with Crippen molar-refractivity contribution in [2.24, 2.45) is 0 Å². The first-order chi connectivity index (χ1) is 13.3. The third-order valence-electron chi connectivity index (χ3n) is 3.79. The van der Waals surface area contributed by atoms with E-state index in [0.29, 0.717) is 12.2 Å². The molecule has 1 atom stereocenters. The lowest BCUT2D eigenvalue weighted by Crippen LogP contribution is -2.34. The summed E-state index contributed by atoms with van der Waals surface area (Å²) in [6.45, 7) is 1.19. The number of anilines is 1. The minimum atomic E-state index is -4.13. The average Bonchev–Trinajstić information content (AvgIpc) is 3.28. The van der Waals surface area contributed by atoms with Gasteiger partial charge in [-0.05, 0) is 13.3 Å². The van der Waals surface area contributed by atoms with E-state index in [-0.39, 0.29) is 29.2 Å². The van der Waals surface area contributed by atoms with E-state index in [9.17, 15) is 18.0 Å². The Balaban J connectivity index is 1.67. The smallest absolute Gasteiger partial charge is 0.321 e. The molecule has 0 radical (unpaired) electrons. The van der Waals surface area contributed by atoms with Crippen molar-refractivity contribution >= 4 is 27.8 Å². The second kappa shape index (κ2) is 7.85. The van der Waals surface area contributed by atoms with E-state index in [0.717, 1.165) is 0 Å². The van der Waals surface area contributed by atoms with Crippen LogP contribution in [0.1, 0.15) is 23.7 Å². The van der Waals surface area contributed by atoms with E-state index in [4.69, 9.17) is 9.47 Å². The molecule has 150 valence electrons. The molecule has 1 fully saturated rings. The fourth-order valence-corrected chi connectivity index (χ4v) is 3.68. The number of nitrogens with zero attached hydrogens (tertiary/aromatic N) is 4. The zero-order valence-electron chi connectivity index (χ0n) is 14.9. The van der Waals surface area contributed by atoms with Gasteiger partial charge in [0.05, 0.1) is 32.4 Å². The maximum absolute atomic E-state index is 12.5. The molecule has 3 N–H and O–H groups in total. The van der Waals surface area contributed by atoms with Gasteiger partial charge in [-0.2, -0.15) is 20.1 Å². The summed E-state index contributed by atoms with van der Waals surface area (Å²) in [6, 6.07) is 0.00827. The summed E-state index contributed by atoms with van der Waals surface area (Å²) in [5, 5.41) is 8.10. The van der Waals surface area contributed by atoms with Crippen LogP contribution in [0.5, 0.6) is 6.01 Å². The van der Waals surface area contributed by atoms with Gasteiger partial charge in [-0.15, -0.1) is 0 Å². The van der Waals surface area contributed by atoms with Gasteiger partial charge in [0.25, 0.3) is 10.0 Å².